The molecule has 0 amide bonds. The van der Waals surface area contributed by atoms with Crippen molar-refractivity contribution in [1.29, 1.82) is 0 Å². The van der Waals surface area contributed by atoms with Gasteiger partial charge in [0.15, 0.2) is 0 Å². The maximum Gasteiger partial charge on any atom is 0.123 e. The first-order valence-electron chi connectivity index (χ1n) is 16.5. The predicted molar refractivity (Wildman–Crippen MR) is 199 cm³/mol. The lowest BCUT2D eigenvalue weighted by Gasteiger charge is -2.33. The fourth-order valence-electron chi connectivity index (χ4n) is 7.91. The van der Waals surface area contributed by atoms with Crippen LogP contribution in [0.4, 0.5) is 0 Å². The molecule has 3 heteroatoms. The summed E-state index contributed by atoms with van der Waals surface area (Å²) in [5.74, 6) is 0. The number of aromatic nitrogens is 1. The molecule has 1 aliphatic carbocycles. The number of para-hydroxylation sites is 1. The molecule has 9 rings (SSSR count). The molecular weight excluding hydrogens is 583 g/mol. The minimum atomic E-state index is -0.480. The lowest BCUT2D eigenvalue weighted by atomic mass is 9.67. The number of nitrogens with two attached hydrogens (primary N) is 1. The van der Waals surface area contributed by atoms with Crippen LogP contribution in [0.5, 0.6) is 0 Å². The molecule has 0 radical (unpaired) electrons. The summed E-state index contributed by atoms with van der Waals surface area (Å²) < 4.78 is 2.38. The molecular formula is C45H33N3. The second kappa shape index (κ2) is 11.3. The Morgan fingerprint density at radius 3 is 1.96 bits per heavy atom. The minimum Gasteiger partial charge on any atom is -0.309 e. The van der Waals surface area contributed by atoms with Crippen LogP contribution >= 0.6 is 0 Å². The lowest BCUT2D eigenvalue weighted by Crippen LogP contribution is -2.28. The highest BCUT2D eigenvalue weighted by atomic mass is 15.0. The summed E-state index contributed by atoms with van der Waals surface area (Å²) in [6.07, 6.45) is 1.37. The second-order valence-corrected chi connectivity index (χ2v) is 12.5. The van der Waals surface area contributed by atoms with Crippen LogP contribution < -0.4 is 5.73 Å². The number of hydrogen-bond acceptors (Lipinski definition) is 2. The summed E-state index contributed by atoms with van der Waals surface area (Å²) in [6.45, 7) is 0. The summed E-state index contributed by atoms with van der Waals surface area (Å²) in [5, 5.41) is 2.49. The van der Waals surface area contributed by atoms with E-state index in [2.05, 4.69) is 150 Å². The second-order valence-electron chi connectivity index (χ2n) is 12.5. The topological polar surface area (TPSA) is 43.3 Å². The van der Waals surface area contributed by atoms with Crippen molar-refractivity contribution in [3.63, 3.8) is 0 Å². The standard InChI is InChI=1S/C45H33N3/c46-44(47-30-31-15-4-1-5-16-31)32-17-14-22-35(29-32)48-40-26-13-11-24-37(40)43-41(48)28-27-39-42(43)36-23-10-12-25-38(36)45(39,33-18-6-2-7-19-33)34-20-8-3-9-21-34/h1-30,44H,46H2/b47-30+. The van der Waals surface area contributed by atoms with Crippen molar-refractivity contribution in [1.82, 2.24) is 4.57 Å². The van der Waals surface area contributed by atoms with Crippen molar-refractivity contribution in [2.24, 2.45) is 10.7 Å². The Bertz CT molecular complexity index is 2420. The van der Waals surface area contributed by atoms with E-state index in [0.717, 1.165) is 22.3 Å². The minimum absolute atomic E-state index is 0.449. The Hall–Kier alpha value is -6.03. The van der Waals surface area contributed by atoms with Gasteiger partial charge in [0.2, 0.25) is 0 Å². The maximum absolute atomic E-state index is 6.65. The molecule has 0 spiro atoms. The molecule has 8 aromatic rings. The Labute approximate surface area is 280 Å². The lowest BCUT2D eigenvalue weighted by molar-refractivity contribution is 0.769. The van der Waals surface area contributed by atoms with E-state index >= 15 is 0 Å². The van der Waals surface area contributed by atoms with Crippen molar-refractivity contribution in [2.45, 2.75) is 11.6 Å². The molecule has 7 aromatic carbocycles. The van der Waals surface area contributed by atoms with Crippen molar-refractivity contribution in [2.75, 3.05) is 0 Å². The summed E-state index contributed by atoms with van der Waals surface area (Å²) in [4.78, 5) is 4.70. The molecule has 1 unspecified atom stereocenters. The van der Waals surface area contributed by atoms with Crippen LogP contribution in [0.3, 0.4) is 0 Å². The monoisotopic (exact) mass is 615 g/mol. The molecule has 1 aromatic heterocycles. The Kier molecular flexibility index (Phi) is 6.67. The van der Waals surface area contributed by atoms with Crippen LogP contribution in [0.2, 0.25) is 0 Å². The third-order valence-electron chi connectivity index (χ3n) is 9.91. The van der Waals surface area contributed by atoms with Crippen molar-refractivity contribution >= 4 is 28.0 Å². The number of nitrogens with zero attached hydrogens (tertiary/aromatic N) is 2. The first kappa shape index (κ1) is 28.2. The van der Waals surface area contributed by atoms with Crippen LogP contribution in [-0.4, -0.2) is 10.8 Å². The molecule has 228 valence electrons. The SMILES string of the molecule is NC(/N=C/c1ccccc1)c1cccc(-n2c3ccccc3c3c4c(ccc32)C(c2ccccc2)(c2ccccc2)c2ccccc2-4)c1. The third-order valence-corrected chi connectivity index (χ3v) is 9.91. The van der Waals surface area contributed by atoms with Gasteiger partial charge in [-0.15, -0.1) is 0 Å². The smallest absolute Gasteiger partial charge is 0.123 e. The van der Waals surface area contributed by atoms with Crippen molar-refractivity contribution < 1.29 is 0 Å². The van der Waals surface area contributed by atoms with E-state index in [0.29, 0.717) is 0 Å². The molecule has 1 aliphatic rings. The van der Waals surface area contributed by atoms with Crippen molar-refractivity contribution in [3.8, 4) is 16.8 Å². The van der Waals surface area contributed by atoms with E-state index in [1.807, 2.05) is 36.5 Å². The number of fused-ring (bicyclic) bond motifs is 7. The highest BCUT2D eigenvalue weighted by molar-refractivity contribution is 6.18. The van der Waals surface area contributed by atoms with Gasteiger partial charge in [-0.25, -0.2) is 0 Å². The van der Waals surface area contributed by atoms with Gasteiger partial charge in [0, 0.05) is 22.7 Å². The van der Waals surface area contributed by atoms with Crippen LogP contribution in [-0.2, 0) is 5.41 Å². The van der Waals surface area contributed by atoms with E-state index in [-0.39, 0.29) is 0 Å². The quantitative estimate of drug-likeness (QED) is 0.186. The van der Waals surface area contributed by atoms with Crippen LogP contribution in [0.25, 0.3) is 38.6 Å². The molecule has 3 nitrogen and oxygen atoms in total. The molecule has 0 saturated heterocycles. The van der Waals surface area contributed by atoms with Crippen LogP contribution in [0, 0.1) is 0 Å². The van der Waals surface area contributed by atoms with Crippen LogP contribution in [0.1, 0.15) is 39.5 Å². The van der Waals surface area contributed by atoms with Gasteiger partial charge < -0.3 is 10.3 Å². The van der Waals surface area contributed by atoms with E-state index in [4.69, 9.17) is 10.7 Å². The Morgan fingerprint density at radius 1 is 0.562 bits per heavy atom. The van der Waals surface area contributed by atoms with Gasteiger partial charge in [-0.05, 0) is 68.8 Å². The molecule has 0 fully saturated rings. The average Bonchev–Trinajstić information content (AvgIpc) is 3.66. The molecule has 0 bridgehead atoms. The summed E-state index contributed by atoms with van der Waals surface area (Å²) in [5.41, 5.74) is 19.3. The van der Waals surface area contributed by atoms with Gasteiger partial charge in [-0.2, -0.15) is 0 Å². The van der Waals surface area contributed by atoms with E-state index in [9.17, 15) is 0 Å². The third kappa shape index (κ3) is 4.22. The zero-order valence-electron chi connectivity index (χ0n) is 26.4. The molecule has 2 N–H and O–H groups in total. The highest BCUT2D eigenvalue weighted by Crippen LogP contribution is 2.58. The first-order chi connectivity index (χ1) is 23.7. The van der Waals surface area contributed by atoms with Gasteiger partial charge in [0.05, 0.1) is 16.4 Å². The van der Waals surface area contributed by atoms with E-state index in [1.165, 1.54) is 49.7 Å². The van der Waals surface area contributed by atoms with Gasteiger partial charge >= 0.3 is 0 Å². The van der Waals surface area contributed by atoms with Gasteiger partial charge in [0.1, 0.15) is 6.17 Å². The molecule has 1 atom stereocenters. The number of hydrogen-bond donors (Lipinski definition) is 1. The van der Waals surface area contributed by atoms with Gasteiger partial charge in [-0.3, -0.25) is 4.99 Å². The normalized spacial score (nSPS) is 13.9. The maximum atomic E-state index is 6.65. The zero-order valence-corrected chi connectivity index (χ0v) is 26.4. The zero-order chi connectivity index (χ0) is 32.1. The fraction of sp³-hybridized carbons (Fsp3) is 0.0444. The summed E-state index contributed by atoms with van der Waals surface area (Å²) >= 11 is 0. The molecule has 0 aliphatic heterocycles. The largest absolute Gasteiger partial charge is 0.309 e. The predicted octanol–water partition coefficient (Wildman–Crippen LogP) is 10.2. The van der Waals surface area contributed by atoms with Crippen molar-refractivity contribution in [3.05, 3.63) is 209 Å². The van der Waals surface area contributed by atoms with Gasteiger partial charge in [0.25, 0.3) is 0 Å². The number of aliphatic imine (C=N–C) groups is 1. The molecule has 0 saturated carbocycles. The Morgan fingerprint density at radius 2 is 1.21 bits per heavy atom. The average molecular weight is 616 g/mol. The fourth-order valence-corrected chi connectivity index (χ4v) is 7.91. The summed E-state index contributed by atoms with van der Waals surface area (Å²) in [6, 6.07) is 63.0. The number of benzene rings is 7. The van der Waals surface area contributed by atoms with Gasteiger partial charge in [-0.1, -0.05) is 152 Å². The van der Waals surface area contributed by atoms with Crippen LogP contribution in [0.15, 0.2) is 181 Å². The summed E-state index contributed by atoms with van der Waals surface area (Å²) in [7, 11) is 0. The Balaban J connectivity index is 1.30. The first-order valence-corrected chi connectivity index (χ1v) is 16.5. The molecule has 1 heterocycles. The van der Waals surface area contributed by atoms with E-state index < -0.39 is 11.6 Å². The highest BCUT2D eigenvalue weighted by Gasteiger charge is 2.47. The number of rotatable bonds is 6. The molecule has 48 heavy (non-hydrogen) atoms. The van der Waals surface area contributed by atoms with E-state index in [1.54, 1.807) is 0 Å².